The van der Waals surface area contributed by atoms with Crippen molar-refractivity contribution >= 4 is 26.9 Å². The van der Waals surface area contributed by atoms with E-state index in [1.165, 1.54) is 0 Å². The van der Waals surface area contributed by atoms with Gasteiger partial charge in [-0.1, -0.05) is 15.9 Å². The second kappa shape index (κ2) is 5.74. The summed E-state index contributed by atoms with van der Waals surface area (Å²) < 4.78 is 12.7. The molecule has 1 N–H and O–H groups in total. The lowest BCUT2D eigenvalue weighted by atomic mass is 10.1. The molecule has 0 unspecified atom stereocenters. The maximum absolute atomic E-state index is 9.38. The molecule has 0 bridgehead atoms. The molecule has 0 saturated heterocycles. The van der Waals surface area contributed by atoms with Gasteiger partial charge in [-0.05, 0) is 43.3 Å². The molecule has 3 nitrogen and oxygen atoms in total. The Morgan fingerprint density at radius 2 is 1.86 bits per heavy atom. The summed E-state index contributed by atoms with van der Waals surface area (Å²) >= 11 is 3.46. The van der Waals surface area contributed by atoms with Gasteiger partial charge in [0.25, 0.3) is 0 Å². The lowest BCUT2D eigenvalue weighted by Gasteiger charge is -2.04. The standard InChI is InChI=1S/C17H13BrO3/c1-2-20-17-10-16(11-3-6-13(19)7-4-11)21-15-8-5-12(18)9-14(15)17/h3-10H,2H2,1H3/p+1. The third-order valence-electron chi connectivity index (χ3n) is 3.14. The van der Waals surface area contributed by atoms with Crippen molar-refractivity contribution in [3.05, 3.63) is 53.0 Å². The van der Waals surface area contributed by atoms with Crippen LogP contribution in [0.4, 0.5) is 0 Å². The van der Waals surface area contributed by atoms with E-state index in [0.29, 0.717) is 12.4 Å². The number of phenols is 1. The summed E-state index contributed by atoms with van der Waals surface area (Å²) in [5.41, 5.74) is 1.64. The van der Waals surface area contributed by atoms with Gasteiger partial charge < -0.3 is 9.84 Å². The summed E-state index contributed by atoms with van der Waals surface area (Å²) in [4.78, 5) is 0. The van der Waals surface area contributed by atoms with Gasteiger partial charge in [-0.25, -0.2) is 4.42 Å². The van der Waals surface area contributed by atoms with Crippen LogP contribution in [0.5, 0.6) is 11.5 Å². The molecule has 3 rings (SSSR count). The molecule has 0 spiro atoms. The van der Waals surface area contributed by atoms with Crippen molar-refractivity contribution in [2.24, 2.45) is 0 Å². The number of phenolic OH excluding ortho intramolecular Hbond substituents is 1. The molecule has 0 aliphatic rings. The molecular formula is C17H14BrO3+. The van der Waals surface area contributed by atoms with Crippen molar-refractivity contribution in [1.82, 2.24) is 0 Å². The van der Waals surface area contributed by atoms with Gasteiger partial charge in [0, 0.05) is 10.5 Å². The van der Waals surface area contributed by atoms with Crippen LogP contribution in [-0.4, -0.2) is 11.7 Å². The first-order valence-electron chi connectivity index (χ1n) is 6.66. The van der Waals surface area contributed by atoms with E-state index in [1.807, 2.05) is 43.3 Å². The third kappa shape index (κ3) is 2.85. The molecule has 3 aromatic rings. The van der Waals surface area contributed by atoms with Gasteiger partial charge in [0.2, 0.25) is 0 Å². The minimum Gasteiger partial charge on any atom is -0.508 e. The number of benzene rings is 2. The minimum absolute atomic E-state index is 0.230. The average Bonchev–Trinajstić information content (AvgIpc) is 2.48. The van der Waals surface area contributed by atoms with Crippen molar-refractivity contribution in [2.45, 2.75) is 6.92 Å². The van der Waals surface area contributed by atoms with E-state index in [2.05, 4.69) is 15.9 Å². The van der Waals surface area contributed by atoms with Gasteiger partial charge in [-0.15, -0.1) is 0 Å². The molecule has 1 heterocycles. The fourth-order valence-electron chi connectivity index (χ4n) is 2.17. The lowest BCUT2D eigenvalue weighted by Crippen LogP contribution is -1.93. The maximum Gasteiger partial charge on any atom is 0.364 e. The highest BCUT2D eigenvalue weighted by atomic mass is 79.9. The molecule has 4 heteroatoms. The highest BCUT2D eigenvalue weighted by Gasteiger charge is 2.20. The van der Waals surface area contributed by atoms with E-state index in [1.54, 1.807) is 12.1 Å². The molecule has 106 valence electrons. The Hall–Kier alpha value is -2.07. The van der Waals surface area contributed by atoms with E-state index >= 15 is 0 Å². The van der Waals surface area contributed by atoms with Crippen molar-refractivity contribution in [1.29, 1.82) is 0 Å². The van der Waals surface area contributed by atoms with Crippen LogP contribution in [0.15, 0.2) is 57.4 Å². The van der Waals surface area contributed by atoms with Gasteiger partial charge >= 0.3 is 11.3 Å². The molecule has 0 fully saturated rings. The van der Waals surface area contributed by atoms with Crippen molar-refractivity contribution in [2.75, 3.05) is 6.61 Å². The van der Waals surface area contributed by atoms with E-state index in [0.717, 1.165) is 26.8 Å². The summed E-state index contributed by atoms with van der Waals surface area (Å²) in [5.74, 6) is 1.71. The normalized spacial score (nSPS) is 10.8. The monoisotopic (exact) mass is 345 g/mol. The predicted octanol–water partition coefficient (Wildman–Crippen LogP) is 5.25. The average molecular weight is 346 g/mol. The number of hydrogen-bond donors (Lipinski definition) is 1. The van der Waals surface area contributed by atoms with Crippen LogP contribution in [0.3, 0.4) is 0 Å². The predicted molar refractivity (Wildman–Crippen MR) is 86.6 cm³/mol. The molecule has 0 amide bonds. The van der Waals surface area contributed by atoms with Gasteiger partial charge in [0.15, 0.2) is 0 Å². The summed E-state index contributed by atoms with van der Waals surface area (Å²) in [5, 5.41) is 10.3. The minimum atomic E-state index is 0.230. The maximum atomic E-state index is 9.38. The molecule has 0 aliphatic heterocycles. The summed E-state index contributed by atoms with van der Waals surface area (Å²) in [6.45, 7) is 2.54. The van der Waals surface area contributed by atoms with E-state index < -0.39 is 0 Å². The Kier molecular flexibility index (Phi) is 3.80. The Labute approximate surface area is 130 Å². The van der Waals surface area contributed by atoms with Crippen LogP contribution in [0, 0.1) is 0 Å². The van der Waals surface area contributed by atoms with Crippen LogP contribution in [0.2, 0.25) is 0 Å². The fourth-order valence-corrected chi connectivity index (χ4v) is 2.53. The van der Waals surface area contributed by atoms with E-state index in [-0.39, 0.29) is 5.75 Å². The topological polar surface area (TPSA) is 40.8 Å². The third-order valence-corrected chi connectivity index (χ3v) is 3.63. The van der Waals surface area contributed by atoms with E-state index in [9.17, 15) is 5.11 Å². The quantitative estimate of drug-likeness (QED) is 0.659. The van der Waals surface area contributed by atoms with Gasteiger partial charge in [0.05, 0.1) is 18.2 Å². The first-order valence-corrected chi connectivity index (χ1v) is 7.45. The first kappa shape index (κ1) is 13.9. The molecule has 21 heavy (non-hydrogen) atoms. The van der Waals surface area contributed by atoms with Crippen molar-refractivity contribution in [3.63, 3.8) is 0 Å². The zero-order chi connectivity index (χ0) is 14.8. The number of halogens is 1. The Morgan fingerprint density at radius 3 is 2.57 bits per heavy atom. The highest BCUT2D eigenvalue weighted by Crippen LogP contribution is 2.34. The number of aromatic hydroxyl groups is 1. The lowest BCUT2D eigenvalue weighted by molar-refractivity contribution is 0.342. The highest BCUT2D eigenvalue weighted by molar-refractivity contribution is 9.10. The molecule has 0 radical (unpaired) electrons. The van der Waals surface area contributed by atoms with Gasteiger partial charge in [-0.2, -0.15) is 0 Å². The van der Waals surface area contributed by atoms with Gasteiger partial charge in [-0.3, -0.25) is 0 Å². The molecule has 2 aromatic carbocycles. The summed E-state index contributed by atoms with van der Waals surface area (Å²) in [7, 11) is 0. The zero-order valence-electron chi connectivity index (χ0n) is 11.5. The van der Waals surface area contributed by atoms with Crippen LogP contribution in [-0.2, 0) is 0 Å². The number of rotatable bonds is 3. The Morgan fingerprint density at radius 1 is 1.10 bits per heavy atom. The van der Waals surface area contributed by atoms with Crippen molar-refractivity contribution in [3.8, 4) is 22.8 Å². The smallest absolute Gasteiger partial charge is 0.364 e. The largest absolute Gasteiger partial charge is 0.508 e. The van der Waals surface area contributed by atoms with Crippen LogP contribution < -0.4 is 4.74 Å². The fraction of sp³-hybridized carbons (Fsp3) is 0.118. The first-order chi connectivity index (χ1) is 10.2. The summed E-state index contributed by atoms with van der Waals surface area (Å²) in [6, 6.07) is 14.6. The molecule has 1 aromatic heterocycles. The molecule has 0 saturated carbocycles. The molecular weight excluding hydrogens is 332 g/mol. The van der Waals surface area contributed by atoms with E-state index in [4.69, 9.17) is 9.15 Å². The number of ether oxygens (including phenoxy) is 1. The molecule has 0 aliphatic carbocycles. The second-order valence-corrected chi connectivity index (χ2v) is 5.51. The van der Waals surface area contributed by atoms with Gasteiger partial charge in [0.1, 0.15) is 16.9 Å². The van der Waals surface area contributed by atoms with Crippen LogP contribution in [0.1, 0.15) is 6.92 Å². The van der Waals surface area contributed by atoms with Crippen LogP contribution in [0.25, 0.3) is 22.3 Å². The SMILES string of the molecule is CCOc1cc(-c2ccc(O)cc2)[o+]c2ccc(Br)cc12. The summed E-state index contributed by atoms with van der Waals surface area (Å²) in [6.07, 6.45) is 0. The molecule has 0 atom stereocenters. The number of fused-ring (bicyclic) bond motifs is 1. The second-order valence-electron chi connectivity index (χ2n) is 4.60. The Balaban J connectivity index is 2.20. The zero-order valence-corrected chi connectivity index (χ0v) is 13.1. The van der Waals surface area contributed by atoms with Crippen LogP contribution >= 0.6 is 15.9 Å². The number of hydrogen-bond acceptors (Lipinski definition) is 2. The van der Waals surface area contributed by atoms with Crippen molar-refractivity contribution < 1.29 is 14.3 Å². The Bertz CT molecular complexity index is 782.